The summed E-state index contributed by atoms with van der Waals surface area (Å²) in [6.07, 6.45) is 0.799. The van der Waals surface area contributed by atoms with Crippen LogP contribution in [0.4, 0.5) is 5.69 Å². The van der Waals surface area contributed by atoms with Crippen LogP contribution in [0.3, 0.4) is 0 Å². The third-order valence-electron chi connectivity index (χ3n) is 2.12. The summed E-state index contributed by atoms with van der Waals surface area (Å²) in [5, 5.41) is 0. The van der Waals surface area contributed by atoms with Crippen molar-refractivity contribution in [1.29, 1.82) is 0 Å². The first-order valence-electron chi connectivity index (χ1n) is 4.57. The van der Waals surface area contributed by atoms with Gasteiger partial charge in [-0.3, -0.25) is 0 Å². The van der Waals surface area contributed by atoms with Crippen molar-refractivity contribution >= 4 is 5.69 Å². The maximum atomic E-state index is 5.82. The normalized spacial score (nSPS) is 10.0. The number of nitrogen functional groups attached to an aromatic ring is 1. The molecule has 0 aliphatic carbocycles. The molecule has 2 aromatic rings. The van der Waals surface area contributed by atoms with E-state index in [1.165, 1.54) is 0 Å². The van der Waals surface area contributed by atoms with Crippen molar-refractivity contribution in [2.75, 3.05) is 5.73 Å². The second-order valence-corrected chi connectivity index (χ2v) is 3.17. The minimum Gasteiger partial charge on any atom is -0.398 e. The Bertz CT molecular complexity index is 407. The number of anilines is 1. The predicted octanol–water partition coefficient (Wildman–Crippen LogP) is 2.46. The molecule has 0 saturated heterocycles. The molecule has 2 radical (unpaired) electrons. The zero-order valence-corrected chi connectivity index (χ0v) is 7.83. The first-order chi connectivity index (χ1) is 6.86. The van der Waals surface area contributed by atoms with Gasteiger partial charge >= 0.3 is 0 Å². The van der Waals surface area contributed by atoms with Crippen LogP contribution in [0.1, 0.15) is 11.1 Å². The summed E-state index contributed by atoms with van der Waals surface area (Å²) in [7, 11) is 0. The average Bonchev–Trinajstić information content (AvgIpc) is 2.23. The Morgan fingerprint density at radius 2 is 1.86 bits per heavy atom. The highest BCUT2D eigenvalue weighted by Crippen LogP contribution is 2.14. The molecule has 0 fully saturated rings. The van der Waals surface area contributed by atoms with Crippen LogP contribution in [-0.2, 0) is 6.42 Å². The highest BCUT2D eigenvalue weighted by Gasteiger charge is 1.99. The first-order valence-corrected chi connectivity index (χ1v) is 4.57. The van der Waals surface area contributed by atoms with Crippen LogP contribution in [0.2, 0.25) is 0 Å². The molecule has 0 saturated carbocycles. The van der Waals surface area contributed by atoms with Gasteiger partial charge in [0.2, 0.25) is 0 Å². The highest BCUT2D eigenvalue weighted by molar-refractivity contribution is 5.47. The lowest BCUT2D eigenvalue weighted by Gasteiger charge is -2.03. The third kappa shape index (κ3) is 1.94. The molecule has 0 atom stereocenters. The van der Waals surface area contributed by atoms with Gasteiger partial charge in [0.25, 0.3) is 0 Å². The molecule has 0 heterocycles. The smallest absolute Gasteiger partial charge is 0.0356 e. The lowest BCUT2D eigenvalue weighted by molar-refractivity contribution is 1.19. The Labute approximate surface area is 84.2 Å². The van der Waals surface area contributed by atoms with Crippen molar-refractivity contribution in [1.82, 2.24) is 0 Å². The third-order valence-corrected chi connectivity index (χ3v) is 2.12. The zero-order valence-electron chi connectivity index (χ0n) is 7.83. The molecule has 14 heavy (non-hydrogen) atoms. The van der Waals surface area contributed by atoms with Crippen molar-refractivity contribution in [2.45, 2.75) is 6.42 Å². The van der Waals surface area contributed by atoms with Crippen LogP contribution in [0.5, 0.6) is 0 Å². The van der Waals surface area contributed by atoms with E-state index < -0.39 is 0 Å². The summed E-state index contributed by atoms with van der Waals surface area (Å²) in [5.41, 5.74) is 8.80. The fourth-order valence-corrected chi connectivity index (χ4v) is 1.37. The molecule has 0 bridgehead atoms. The van der Waals surface area contributed by atoms with Gasteiger partial charge in [-0.15, -0.1) is 0 Å². The highest BCUT2D eigenvalue weighted by atomic mass is 14.6. The Morgan fingerprint density at radius 1 is 1.00 bits per heavy atom. The molecule has 2 rings (SSSR count). The molecule has 0 unspecified atom stereocenters. The van der Waals surface area contributed by atoms with E-state index in [4.69, 9.17) is 5.73 Å². The SMILES string of the molecule is Nc1ccc[c]c1Cc1[c]cccc1. The van der Waals surface area contributed by atoms with E-state index in [1.54, 1.807) is 0 Å². The van der Waals surface area contributed by atoms with Gasteiger partial charge in [0, 0.05) is 12.1 Å². The fourth-order valence-electron chi connectivity index (χ4n) is 1.37. The molecular weight excluding hydrogens is 170 g/mol. The number of hydrogen-bond donors (Lipinski definition) is 1. The van der Waals surface area contributed by atoms with Gasteiger partial charge in [0.15, 0.2) is 0 Å². The fraction of sp³-hybridized carbons (Fsp3) is 0.0769. The Morgan fingerprint density at radius 3 is 2.57 bits per heavy atom. The second kappa shape index (κ2) is 3.97. The molecule has 68 valence electrons. The molecule has 1 nitrogen and oxygen atoms in total. The number of benzene rings is 2. The molecule has 1 heteroatoms. The van der Waals surface area contributed by atoms with Gasteiger partial charge in [-0.2, -0.15) is 0 Å². The Kier molecular flexibility index (Phi) is 2.50. The maximum Gasteiger partial charge on any atom is 0.0356 e. The van der Waals surface area contributed by atoms with Crippen LogP contribution in [0.15, 0.2) is 42.5 Å². The van der Waals surface area contributed by atoms with Gasteiger partial charge < -0.3 is 5.73 Å². The molecule has 2 aromatic carbocycles. The maximum absolute atomic E-state index is 5.82. The molecule has 0 spiro atoms. The molecular formula is C13H11N. The Hall–Kier alpha value is -1.76. The molecule has 0 aliphatic rings. The molecule has 0 aromatic heterocycles. The van der Waals surface area contributed by atoms with Crippen LogP contribution in [0, 0.1) is 12.1 Å². The summed E-state index contributed by atoms with van der Waals surface area (Å²) < 4.78 is 0. The van der Waals surface area contributed by atoms with Crippen LogP contribution >= 0.6 is 0 Å². The van der Waals surface area contributed by atoms with Gasteiger partial charge in [-0.1, -0.05) is 36.4 Å². The topological polar surface area (TPSA) is 26.0 Å². The van der Waals surface area contributed by atoms with Crippen LogP contribution < -0.4 is 5.73 Å². The summed E-state index contributed by atoms with van der Waals surface area (Å²) >= 11 is 0. The lowest BCUT2D eigenvalue weighted by Crippen LogP contribution is -1.95. The predicted molar refractivity (Wildman–Crippen MR) is 57.8 cm³/mol. The van der Waals surface area contributed by atoms with E-state index >= 15 is 0 Å². The van der Waals surface area contributed by atoms with Gasteiger partial charge in [0.1, 0.15) is 0 Å². The largest absolute Gasteiger partial charge is 0.398 e. The molecule has 0 aliphatic heterocycles. The van der Waals surface area contributed by atoms with Gasteiger partial charge in [-0.05, 0) is 29.3 Å². The van der Waals surface area contributed by atoms with Crippen molar-refractivity contribution in [3.05, 3.63) is 65.7 Å². The quantitative estimate of drug-likeness (QED) is 0.707. The van der Waals surface area contributed by atoms with Crippen molar-refractivity contribution in [3.8, 4) is 0 Å². The van der Waals surface area contributed by atoms with E-state index in [-0.39, 0.29) is 0 Å². The second-order valence-electron chi connectivity index (χ2n) is 3.17. The van der Waals surface area contributed by atoms with E-state index in [0.29, 0.717) is 0 Å². The minimum absolute atomic E-state index is 0.796. The first kappa shape index (κ1) is 8.82. The van der Waals surface area contributed by atoms with Crippen LogP contribution in [0.25, 0.3) is 0 Å². The van der Waals surface area contributed by atoms with Crippen LogP contribution in [-0.4, -0.2) is 0 Å². The number of nitrogens with two attached hydrogens (primary N) is 1. The van der Waals surface area contributed by atoms with Gasteiger partial charge in [-0.25, -0.2) is 0 Å². The summed E-state index contributed by atoms with van der Waals surface area (Å²) in [5.74, 6) is 0. The standard InChI is InChI=1S/C13H11N/c14-13-9-5-4-8-12(13)10-11-6-2-1-3-7-11/h1-6,9H,10,14H2. The zero-order chi connectivity index (χ0) is 9.80. The van der Waals surface area contributed by atoms with Crippen molar-refractivity contribution in [3.63, 3.8) is 0 Å². The van der Waals surface area contributed by atoms with E-state index in [0.717, 1.165) is 23.2 Å². The average molecular weight is 181 g/mol. The monoisotopic (exact) mass is 181 g/mol. The Balaban J connectivity index is 2.24. The summed E-state index contributed by atoms with van der Waals surface area (Å²) in [4.78, 5) is 0. The van der Waals surface area contributed by atoms with E-state index in [2.05, 4.69) is 12.1 Å². The van der Waals surface area contributed by atoms with Crippen molar-refractivity contribution < 1.29 is 0 Å². The van der Waals surface area contributed by atoms with E-state index in [1.807, 2.05) is 42.5 Å². The van der Waals surface area contributed by atoms with E-state index in [9.17, 15) is 0 Å². The van der Waals surface area contributed by atoms with Crippen molar-refractivity contribution in [2.24, 2.45) is 0 Å². The van der Waals surface area contributed by atoms with Gasteiger partial charge in [0.05, 0.1) is 0 Å². The lowest BCUT2D eigenvalue weighted by atomic mass is 10.0. The summed E-state index contributed by atoms with van der Waals surface area (Å²) in [6, 6.07) is 19.9. The molecule has 0 amide bonds. The molecule has 2 N–H and O–H groups in total. The summed E-state index contributed by atoms with van der Waals surface area (Å²) in [6.45, 7) is 0. The number of hydrogen-bond acceptors (Lipinski definition) is 1. The minimum atomic E-state index is 0.796. The number of rotatable bonds is 2.